The summed E-state index contributed by atoms with van der Waals surface area (Å²) in [7, 11) is 0. The van der Waals surface area contributed by atoms with Gasteiger partial charge >= 0.3 is 5.63 Å². The number of oxazole rings is 1. The Kier molecular flexibility index (Phi) is 2.68. The number of hydrogen-bond donors (Lipinski definition) is 1. The molecule has 0 bridgehead atoms. The number of rotatable bonds is 2. The van der Waals surface area contributed by atoms with Gasteiger partial charge in [-0.15, -0.1) is 0 Å². The van der Waals surface area contributed by atoms with Crippen LogP contribution in [0.3, 0.4) is 0 Å². The maximum atomic E-state index is 11.4. The summed E-state index contributed by atoms with van der Waals surface area (Å²) in [6.07, 6.45) is 1.59. The first-order chi connectivity index (χ1) is 9.22. The van der Waals surface area contributed by atoms with Crippen molar-refractivity contribution in [1.82, 2.24) is 4.98 Å². The largest absolute Gasteiger partial charge is 0.457 e. The lowest BCUT2D eigenvalue weighted by molar-refractivity contribution is 0.488. The van der Waals surface area contributed by atoms with Gasteiger partial charge in [-0.25, -0.2) is 4.79 Å². The van der Waals surface area contributed by atoms with Crippen LogP contribution in [0.1, 0.15) is 5.76 Å². The van der Waals surface area contributed by atoms with Crippen LogP contribution in [-0.4, -0.2) is 4.98 Å². The molecule has 3 rings (SSSR count). The molecule has 0 spiro atoms. The lowest BCUT2D eigenvalue weighted by atomic mass is 10.2. The zero-order chi connectivity index (χ0) is 13.2. The van der Waals surface area contributed by atoms with E-state index in [1.54, 1.807) is 12.1 Å². The first-order valence-electron chi connectivity index (χ1n) is 5.77. The quantitative estimate of drug-likeness (QED) is 0.752. The van der Waals surface area contributed by atoms with Crippen molar-refractivity contribution in [2.75, 3.05) is 0 Å². The van der Waals surface area contributed by atoms with Crippen LogP contribution in [0.5, 0.6) is 0 Å². The second-order valence-corrected chi connectivity index (χ2v) is 4.06. The molecule has 0 fully saturated rings. The summed E-state index contributed by atoms with van der Waals surface area (Å²) in [6, 6.07) is 13.4. The van der Waals surface area contributed by atoms with Crippen molar-refractivity contribution in [3.63, 3.8) is 0 Å². The average Bonchev–Trinajstić information content (AvgIpc) is 2.99. The Morgan fingerprint density at radius 3 is 2.53 bits per heavy atom. The summed E-state index contributed by atoms with van der Waals surface area (Å²) in [5, 5.41) is 0.318. The molecule has 0 unspecified atom stereocenters. The van der Waals surface area contributed by atoms with E-state index in [9.17, 15) is 4.79 Å². The normalized spacial score (nSPS) is 11.9. The molecule has 0 atom stereocenters. The van der Waals surface area contributed by atoms with Crippen LogP contribution in [-0.2, 0) is 0 Å². The number of aromatic nitrogens is 1. The third kappa shape index (κ3) is 2.28. The van der Waals surface area contributed by atoms with Crippen molar-refractivity contribution >= 4 is 12.7 Å². The Morgan fingerprint density at radius 2 is 1.84 bits per heavy atom. The zero-order valence-electron chi connectivity index (χ0n) is 10.1. The van der Waals surface area contributed by atoms with Crippen LogP contribution in [0.2, 0.25) is 0 Å². The van der Waals surface area contributed by atoms with Crippen LogP contribution in [0.15, 0.2) is 56.1 Å². The standard InChI is InChI=1S/C15H11NO3/c1-10-16-13(15(17)18-10)9-12-7-8-14(19-12)11-5-3-2-4-6-11/h2-9,16H,1H2/b13-9+. The predicted octanol–water partition coefficient (Wildman–Crippen LogP) is 1.47. The van der Waals surface area contributed by atoms with Crippen LogP contribution in [0.25, 0.3) is 24.0 Å². The third-order valence-electron chi connectivity index (χ3n) is 2.68. The number of aromatic amines is 1. The van der Waals surface area contributed by atoms with E-state index in [0.29, 0.717) is 11.1 Å². The zero-order valence-corrected chi connectivity index (χ0v) is 10.1. The third-order valence-corrected chi connectivity index (χ3v) is 2.68. The maximum absolute atomic E-state index is 11.4. The summed E-state index contributed by atoms with van der Waals surface area (Å²) in [6.45, 7) is 3.52. The second kappa shape index (κ2) is 4.49. The van der Waals surface area contributed by atoms with E-state index in [0.717, 1.165) is 11.3 Å². The fourth-order valence-electron chi connectivity index (χ4n) is 1.82. The molecule has 4 heteroatoms. The molecular weight excluding hydrogens is 242 g/mol. The summed E-state index contributed by atoms with van der Waals surface area (Å²) < 4.78 is 10.4. The van der Waals surface area contributed by atoms with Crippen molar-refractivity contribution in [2.24, 2.45) is 0 Å². The van der Waals surface area contributed by atoms with Crippen molar-refractivity contribution in [3.8, 4) is 11.3 Å². The van der Waals surface area contributed by atoms with E-state index in [1.165, 1.54) is 0 Å². The van der Waals surface area contributed by atoms with Crippen molar-refractivity contribution < 1.29 is 8.83 Å². The number of nitrogens with one attached hydrogen (secondary N) is 1. The van der Waals surface area contributed by atoms with Crippen LogP contribution < -0.4 is 16.5 Å². The lowest BCUT2D eigenvalue weighted by Gasteiger charge is -1.94. The molecular formula is C15H11NO3. The van der Waals surface area contributed by atoms with Gasteiger partial charge in [0.2, 0.25) is 0 Å². The lowest BCUT2D eigenvalue weighted by Crippen LogP contribution is -2.20. The molecule has 0 amide bonds. The summed E-state index contributed by atoms with van der Waals surface area (Å²) in [5.41, 5.74) is 0.757. The monoisotopic (exact) mass is 253 g/mol. The highest BCUT2D eigenvalue weighted by Crippen LogP contribution is 2.21. The van der Waals surface area contributed by atoms with E-state index in [-0.39, 0.29) is 5.55 Å². The molecule has 2 aromatic heterocycles. The van der Waals surface area contributed by atoms with Crippen molar-refractivity contribution in [3.05, 3.63) is 69.5 Å². The fourth-order valence-corrected chi connectivity index (χ4v) is 1.82. The van der Waals surface area contributed by atoms with Gasteiger partial charge in [-0.1, -0.05) is 30.3 Å². The van der Waals surface area contributed by atoms with Gasteiger partial charge in [0.1, 0.15) is 16.9 Å². The number of H-pyrrole nitrogens is 1. The minimum absolute atomic E-state index is 0.228. The van der Waals surface area contributed by atoms with E-state index in [2.05, 4.69) is 11.6 Å². The Labute approximate surface area is 108 Å². The molecule has 0 aliphatic rings. The van der Waals surface area contributed by atoms with Gasteiger partial charge in [-0.05, 0) is 18.7 Å². The van der Waals surface area contributed by atoms with Crippen LogP contribution in [0, 0.1) is 0 Å². The second-order valence-electron chi connectivity index (χ2n) is 4.06. The molecule has 2 heterocycles. The summed E-state index contributed by atoms with van der Waals surface area (Å²) in [4.78, 5) is 14.1. The Hall–Kier alpha value is -2.75. The van der Waals surface area contributed by atoms with Gasteiger partial charge in [0.25, 0.3) is 0 Å². The molecule has 0 aliphatic heterocycles. The van der Waals surface area contributed by atoms with Gasteiger partial charge in [-0.3, -0.25) is 0 Å². The van der Waals surface area contributed by atoms with Gasteiger partial charge in [0.05, 0.1) is 0 Å². The Balaban J connectivity index is 2.03. The van der Waals surface area contributed by atoms with E-state index >= 15 is 0 Å². The molecule has 1 aromatic carbocycles. The number of benzene rings is 1. The first-order valence-corrected chi connectivity index (χ1v) is 5.77. The van der Waals surface area contributed by atoms with Crippen LogP contribution >= 0.6 is 0 Å². The van der Waals surface area contributed by atoms with Gasteiger partial charge in [0, 0.05) is 11.6 Å². The minimum Gasteiger partial charge on any atom is -0.457 e. The Bertz CT molecular complexity index is 853. The highest BCUT2D eigenvalue weighted by Gasteiger charge is 2.03. The molecule has 1 N–H and O–H groups in total. The van der Waals surface area contributed by atoms with Crippen LogP contribution in [0.4, 0.5) is 0 Å². The van der Waals surface area contributed by atoms with Crippen molar-refractivity contribution in [2.45, 2.75) is 0 Å². The topological polar surface area (TPSA) is 59.1 Å². The smallest absolute Gasteiger partial charge is 0.361 e. The van der Waals surface area contributed by atoms with E-state index in [4.69, 9.17) is 8.83 Å². The first kappa shape index (κ1) is 11.3. The van der Waals surface area contributed by atoms with E-state index in [1.807, 2.05) is 36.4 Å². The molecule has 19 heavy (non-hydrogen) atoms. The van der Waals surface area contributed by atoms with Gasteiger partial charge in [-0.2, -0.15) is 0 Å². The number of hydrogen-bond acceptors (Lipinski definition) is 3. The fraction of sp³-hybridized carbons (Fsp3) is 0. The Morgan fingerprint density at radius 1 is 1.05 bits per heavy atom. The SMILES string of the molecule is C=c1[nH]/c(=C/c2ccc(-c3ccccc3)o2)c(=O)o1. The molecule has 0 saturated heterocycles. The minimum atomic E-state index is -0.456. The molecule has 0 radical (unpaired) electrons. The molecule has 3 aromatic rings. The summed E-state index contributed by atoms with van der Waals surface area (Å²) in [5.74, 6) is 1.32. The molecule has 0 aliphatic carbocycles. The van der Waals surface area contributed by atoms with E-state index < -0.39 is 5.63 Å². The molecule has 4 nitrogen and oxygen atoms in total. The summed E-state index contributed by atoms with van der Waals surface area (Å²) >= 11 is 0. The molecule has 94 valence electrons. The predicted molar refractivity (Wildman–Crippen MR) is 71.8 cm³/mol. The molecule has 0 saturated carbocycles. The highest BCUT2D eigenvalue weighted by molar-refractivity contribution is 5.59. The van der Waals surface area contributed by atoms with Crippen molar-refractivity contribution in [1.29, 1.82) is 0 Å². The number of furan rings is 1. The van der Waals surface area contributed by atoms with Gasteiger partial charge in [0.15, 0.2) is 5.55 Å². The maximum Gasteiger partial charge on any atom is 0.361 e. The van der Waals surface area contributed by atoms with Gasteiger partial charge < -0.3 is 13.8 Å². The average molecular weight is 253 g/mol. The highest BCUT2D eigenvalue weighted by atomic mass is 16.4.